The highest BCUT2D eigenvalue weighted by Crippen LogP contribution is 2.56. The molecule has 12 aromatic rings. The second-order valence-corrected chi connectivity index (χ2v) is 16.8. The number of aromatic nitrogens is 2. The van der Waals surface area contributed by atoms with Crippen molar-refractivity contribution in [3.05, 3.63) is 265 Å². The summed E-state index contributed by atoms with van der Waals surface area (Å²) in [6, 6.07) is 89.6. The van der Waals surface area contributed by atoms with Crippen LogP contribution in [0, 0.1) is 0 Å². The number of hydrogen-bond acceptors (Lipinski definition) is 0. The lowest BCUT2D eigenvalue weighted by Gasteiger charge is -2.34. The lowest BCUT2D eigenvalue weighted by atomic mass is 9.67. The first-order valence-electron chi connectivity index (χ1n) is 21.8. The van der Waals surface area contributed by atoms with E-state index in [1.807, 2.05) is 0 Å². The first-order chi connectivity index (χ1) is 31.3. The van der Waals surface area contributed by atoms with Crippen molar-refractivity contribution in [1.82, 2.24) is 9.13 Å². The predicted molar refractivity (Wildman–Crippen MR) is 263 cm³/mol. The lowest BCUT2D eigenvalue weighted by molar-refractivity contribution is 0.770. The first-order valence-corrected chi connectivity index (χ1v) is 21.8. The summed E-state index contributed by atoms with van der Waals surface area (Å²) in [5.74, 6) is 0. The Morgan fingerprint density at radius 1 is 0.254 bits per heavy atom. The lowest BCUT2D eigenvalue weighted by Crippen LogP contribution is -2.28. The van der Waals surface area contributed by atoms with E-state index in [9.17, 15) is 0 Å². The van der Waals surface area contributed by atoms with Gasteiger partial charge in [-0.1, -0.05) is 188 Å². The van der Waals surface area contributed by atoms with E-state index in [4.69, 9.17) is 0 Å². The Kier molecular flexibility index (Phi) is 7.85. The van der Waals surface area contributed by atoms with E-state index < -0.39 is 5.41 Å². The van der Waals surface area contributed by atoms with Crippen LogP contribution in [-0.4, -0.2) is 9.13 Å². The second-order valence-electron chi connectivity index (χ2n) is 16.8. The molecule has 2 heteroatoms. The highest BCUT2D eigenvalue weighted by molar-refractivity contribution is 6.12. The van der Waals surface area contributed by atoms with Crippen LogP contribution in [0.1, 0.15) is 22.3 Å². The Morgan fingerprint density at radius 2 is 0.746 bits per heavy atom. The van der Waals surface area contributed by atoms with Crippen LogP contribution in [0.3, 0.4) is 0 Å². The van der Waals surface area contributed by atoms with Gasteiger partial charge in [-0.3, -0.25) is 0 Å². The van der Waals surface area contributed by atoms with Crippen molar-refractivity contribution in [1.29, 1.82) is 0 Å². The van der Waals surface area contributed by atoms with Gasteiger partial charge in [0.2, 0.25) is 0 Å². The van der Waals surface area contributed by atoms with E-state index in [2.05, 4.69) is 252 Å². The summed E-state index contributed by atoms with van der Waals surface area (Å²) in [6.07, 6.45) is 0. The van der Waals surface area contributed by atoms with Crippen LogP contribution < -0.4 is 0 Å². The number of para-hydroxylation sites is 2. The second kappa shape index (κ2) is 13.9. The molecular weight excluding hydrogens is 761 g/mol. The van der Waals surface area contributed by atoms with E-state index in [0.29, 0.717) is 0 Å². The molecule has 0 unspecified atom stereocenters. The van der Waals surface area contributed by atoms with Gasteiger partial charge in [-0.15, -0.1) is 0 Å². The molecule has 1 aliphatic carbocycles. The summed E-state index contributed by atoms with van der Waals surface area (Å²) in [5, 5.41) is 4.97. The Labute approximate surface area is 366 Å². The zero-order valence-electron chi connectivity index (χ0n) is 34.5. The van der Waals surface area contributed by atoms with Crippen molar-refractivity contribution in [2.24, 2.45) is 0 Å². The molecule has 0 atom stereocenters. The van der Waals surface area contributed by atoms with Gasteiger partial charge >= 0.3 is 0 Å². The molecule has 13 rings (SSSR count). The molecule has 0 radical (unpaired) electrons. The number of hydrogen-bond donors (Lipinski definition) is 0. The number of fused-ring (bicyclic) bond motifs is 9. The summed E-state index contributed by atoms with van der Waals surface area (Å²) in [4.78, 5) is 0. The molecule has 2 nitrogen and oxygen atoms in total. The fraction of sp³-hybridized carbons (Fsp3) is 0.0164. The zero-order chi connectivity index (χ0) is 41.5. The standard InChI is InChI=1S/C61H40N2/c1-4-17-41(18-5-1)42-19-16-24-48(37-42)63-58-36-33-46(61(45-20-6-2-7-21-45)55-28-13-10-25-49(55)50-26-11-14-29-56(50)61)40-54(58)53-35-32-44(39-60(53)63)43-31-34-52-51-27-12-15-30-57(51)62(59(52)38-43)47-22-8-3-9-23-47/h1-40H. The number of rotatable bonds is 6. The molecule has 0 bridgehead atoms. The zero-order valence-corrected chi connectivity index (χ0v) is 34.5. The molecule has 0 spiro atoms. The third-order valence-electron chi connectivity index (χ3n) is 13.6. The van der Waals surface area contributed by atoms with E-state index in [-0.39, 0.29) is 0 Å². The maximum Gasteiger partial charge on any atom is 0.0713 e. The van der Waals surface area contributed by atoms with E-state index >= 15 is 0 Å². The van der Waals surface area contributed by atoms with Gasteiger partial charge in [0, 0.05) is 32.9 Å². The summed E-state index contributed by atoms with van der Waals surface area (Å²) in [5.41, 5.74) is 19.1. The van der Waals surface area contributed by atoms with Crippen LogP contribution in [-0.2, 0) is 5.41 Å². The Hall–Kier alpha value is -8.20. The maximum absolute atomic E-state index is 2.49. The molecule has 0 saturated heterocycles. The topological polar surface area (TPSA) is 9.86 Å². The minimum atomic E-state index is -0.489. The third-order valence-corrected chi connectivity index (χ3v) is 13.6. The van der Waals surface area contributed by atoms with Crippen molar-refractivity contribution in [2.45, 2.75) is 5.41 Å². The van der Waals surface area contributed by atoms with Gasteiger partial charge in [0.05, 0.1) is 27.5 Å². The fourth-order valence-electron chi connectivity index (χ4n) is 10.9. The molecular formula is C61H40N2. The van der Waals surface area contributed by atoms with Crippen LogP contribution in [0.5, 0.6) is 0 Å². The largest absolute Gasteiger partial charge is 0.309 e. The predicted octanol–water partition coefficient (Wildman–Crippen LogP) is 15.6. The third kappa shape index (κ3) is 5.25. The van der Waals surface area contributed by atoms with Crippen LogP contribution in [0.25, 0.3) is 88.4 Å². The van der Waals surface area contributed by atoms with Crippen LogP contribution in [0.15, 0.2) is 243 Å². The van der Waals surface area contributed by atoms with Gasteiger partial charge in [-0.05, 0) is 110 Å². The van der Waals surface area contributed by atoms with E-state index in [1.54, 1.807) is 0 Å². The highest BCUT2D eigenvalue weighted by atomic mass is 15.0. The van der Waals surface area contributed by atoms with Crippen molar-refractivity contribution < 1.29 is 0 Å². The minimum absolute atomic E-state index is 0.489. The fourth-order valence-corrected chi connectivity index (χ4v) is 10.9. The van der Waals surface area contributed by atoms with E-state index in [0.717, 1.165) is 11.4 Å². The molecule has 0 N–H and O–H groups in total. The average molecular weight is 801 g/mol. The molecule has 294 valence electrons. The minimum Gasteiger partial charge on any atom is -0.309 e. The summed E-state index contributed by atoms with van der Waals surface area (Å²) in [7, 11) is 0. The van der Waals surface area contributed by atoms with Crippen molar-refractivity contribution in [3.8, 4) is 44.8 Å². The smallest absolute Gasteiger partial charge is 0.0713 e. The molecule has 10 aromatic carbocycles. The SMILES string of the molecule is c1ccc(-c2cccc(-n3c4ccc(C5(c6ccccc6)c6ccccc6-c6ccccc65)cc4c4ccc(-c5ccc6c7ccccc7n(-c7ccccc7)c6c5)cc43)c2)cc1. The average Bonchev–Trinajstić information content (AvgIpc) is 3.98. The molecule has 0 fully saturated rings. The van der Waals surface area contributed by atoms with Crippen LogP contribution in [0.2, 0.25) is 0 Å². The van der Waals surface area contributed by atoms with Gasteiger partial charge in [0.25, 0.3) is 0 Å². The summed E-state index contributed by atoms with van der Waals surface area (Å²) >= 11 is 0. The van der Waals surface area contributed by atoms with Crippen molar-refractivity contribution in [2.75, 3.05) is 0 Å². The highest BCUT2D eigenvalue weighted by Gasteiger charge is 2.46. The summed E-state index contributed by atoms with van der Waals surface area (Å²) < 4.78 is 4.89. The first kappa shape index (κ1) is 35.5. The maximum atomic E-state index is 2.49. The van der Waals surface area contributed by atoms with Crippen LogP contribution >= 0.6 is 0 Å². The van der Waals surface area contributed by atoms with Crippen LogP contribution in [0.4, 0.5) is 0 Å². The molecule has 0 amide bonds. The summed E-state index contributed by atoms with van der Waals surface area (Å²) in [6.45, 7) is 0. The van der Waals surface area contributed by atoms with E-state index in [1.165, 1.54) is 99.2 Å². The van der Waals surface area contributed by atoms with Gasteiger partial charge in [0.15, 0.2) is 0 Å². The Balaban J connectivity index is 1.08. The molecule has 63 heavy (non-hydrogen) atoms. The number of nitrogens with zero attached hydrogens (tertiary/aromatic N) is 2. The molecule has 2 aromatic heterocycles. The monoisotopic (exact) mass is 800 g/mol. The molecule has 1 aliphatic rings. The van der Waals surface area contributed by atoms with Crippen molar-refractivity contribution >= 4 is 43.6 Å². The normalized spacial score (nSPS) is 12.9. The molecule has 0 saturated carbocycles. The quantitative estimate of drug-likeness (QED) is 0.159. The van der Waals surface area contributed by atoms with Gasteiger partial charge < -0.3 is 9.13 Å². The Bertz CT molecular complexity index is 3680. The number of benzene rings is 10. The van der Waals surface area contributed by atoms with Crippen molar-refractivity contribution in [3.63, 3.8) is 0 Å². The Morgan fingerprint density at radius 3 is 1.44 bits per heavy atom. The van der Waals surface area contributed by atoms with Gasteiger partial charge in [-0.2, -0.15) is 0 Å². The van der Waals surface area contributed by atoms with Gasteiger partial charge in [-0.25, -0.2) is 0 Å². The molecule has 2 heterocycles. The van der Waals surface area contributed by atoms with Gasteiger partial charge in [0.1, 0.15) is 0 Å². The molecule has 0 aliphatic heterocycles.